The number of rotatable bonds is 4. The molecule has 5 nitrogen and oxygen atoms in total. The second-order valence-corrected chi connectivity index (χ2v) is 9.57. The Kier molecular flexibility index (Phi) is 6.30. The van der Waals surface area contributed by atoms with Gasteiger partial charge in [-0.1, -0.05) is 53.4 Å². The van der Waals surface area contributed by atoms with Crippen LogP contribution in [0.5, 0.6) is 0 Å². The molecule has 8 aromatic rings. The summed E-state index contributed by atoms with van der Waals surface area (Å²) in [6.45, 7) is 0. The number of aromatic nitrogens is 4. The molecule has 0 saturated carbocycles. The number of oxazole rings is 1. The van der Waals surface area contributed by atoms with Crippen molar-refractivity contribution in [2.45, 2.75) is 0 Å². The van der Waals surface area contributed by atoms with Crippen LogP contribution in [0.2, 0.25) is 0 Å². The first-order valence-corrected chi connectivity index (χ1v) is 13.0. The molecule has 0 aliphatic rings. The molecule has 4 aromatic heterocycles. The molecule has 0 saturated heterocycles. The fourth-order valence-corrected chi connectivity index (χ4v) is 5.26. The van der Waals surface area contributed by atoms with E-state index in [0.717, 1.165) is 61.1 Å². The third kappa shape index (κ3) is 4.35. The zero-order valence-corrected chi connectivity index (χ0v) is 23.8. The van der Waals surface area contributed by atoms with E-state index >= 15 is 0 Å². The number of benzene rings is 4. The maximum absolute atomic E-state index is 6.27. The summed E-state index contributed by atoms with van der Waals surface area (Å²) in [5.41, 5.74) is 8.91. The van der Waals surface area contributed by atoms with Crippen molar-refractivity contribution in [1.29, 1.82) is 0 Å². The van der Waals surface area contributed by atoms with Gasteiger partial charge in [-0.2, -0.15) is 0 Å². The van der Waals surface area contributed by atoms with Crippen molar-refractivity contribution >= 4 is 32.9 Å². The Morgan fingerprint density at radius 1 is 0.634 bits per heavy atom. The predicted molar refractivity (Wildman–Crippen MR) is 158 cm³/mol. The monoisotopic (exact) mass is 707 g/mol. The Morgan fingerprint density at radius 2 is 1.44 bits per heavy atom. The second-order valence-electron chi connectivity index (χ2n) is 9.57. The average molecular weight is 708 g/mol. The quantitative estimate of drug-likeness (QED) is 0.173. The molecule has 0 spiro atoms. The molecule has 196 valence electrons. The third-order valence-corrected chi connectivity index (χ3v) is 7.12. The maximum Gasteiger partial charge on any atom is 2.00 e. The van der Waals surface area contributed by atoms with E-state index in [0.29, 0.717) is 11.5 Å². The molecular weight excluding hydrogens is 687 g/mol. The zero-order valence-electron chi connectivity index (χ0n) is 21.6. The summed E-state index contributed by atoms with van der Waals surface area (Å²) < 4.78 is 8.46. The van der Waals surface area contributed by atoms with Crippen LogP contribution in [-0.4, -0.2) is 19.5 Å². The Labute approximate surface area is 250 Å². The van der Waals surface area contributed by atoms with Crippen molar-refractivity contribution in [1.82, 2.24) is 19.5 Å². The van der Waals surface area contributed by atoms with E-state index in [1.807, 2.05) is 72.8 Å². The first-order chi connectivity index (χ1) is 19.8. The molecule has 0 unspecified atom stereocenters. The summed E-state index contributed by atoms with van der Waals surface area (Å²) in [4.78, 5) is 13.8. The van der Waals surface area contributed by atoms with Gasteiger partial charge < -0.3 is 14.0 Å². The van der Waals surface area contributed by atoms with Crippen LogP contribution in [0.3, 0.4) is 0 Å². The molecule has 41 heavy (non-hydrogen) atoms. The van der Waals surface area contributed by atoms with Crippen molar-refractivity contribution in [2.24, 2.45) is 0 Å². The second kappa shape index (κ2) is 10.3. The smallest absolute Gasteiger partial charge is 0.481 e. The van der Waals surface area contributed by atoms with Gasteiger partial charge in [0.05, 0.1) is 11.2 Å². The van der Waals surface area contributed by atoms with Gasteiger partial charge in [0.1, 0.15) is 11.5 Å². The van der Waals surface area contributed by atoms with Gasteiger partial charge in [-0.3, -0.25) is 9.97 Å². The van der Waals surface area contributed by atoms with Crippen LogP contribution in [0, 0.1) is 12.1 Å². The summed E-state index contributed by atoms with van der Waals surface area (Å²) in [5, 5.41) is 2.25. The van der Waals surface area contributed by atoms with Gasteiger partial charge in [-0.05, 0) is 58.7 Å². The van der Waals surface area contributed by atoms with Crippen molar-refractivity contribution in [3.63, 3.8) is 0 Å². The minimum Gasteiger partial charge on any atom is -0.481 e. The fourth-order valence-electron chi connectivity index (χ4n) is 5.26. The molecule has 6 heteroatoms. The molecule has 0 fully saturated rings. The van der Waals surface area contributed by atoms with Crippen LogP contribution in [0.4, 0.5) is 0 Å². The van der Waals surface area contributed by atoms with E-state index < -0.39 is 0 Å². The molecule has 0 aliphatic heterocycles. The number of hydrogen-bond donors (Lipinski definition) is 0. The van der Waals surface area contributed by atoms with Gasteiger partial charge in [0.15, 0.2) is 0 Å². The molecule has 0 amide bonds. The Morgan fingerprint density at radius 3 is 2.27 bits per heavy atom. The summed E-state index contributed by atoms with van der Waals surface area (Å²) in [6, 6.07) is 43.6. The average Bonchev–Trinajstić information content (AvgIpc) is 3.60. The summed E-state index contributed by atoms with van der Waals surface area (Å²) in [5.74, 6) is 0.526. The van der Waals surface area contributed by atoms with Crippen LogP contribution in [-0.2, 0) is 21.1 Å². The molecule has 0 N–H and O–H groups in total. The molecule has 0 bridgehead atoms. The molecule has 0 aliphatic carbocycles. The number of nitrogens with zero attached hydrogens (tertiary/aromatic N) is 4. The fraction of sp³-hybridized carbons (Fsp3) is 0. The number of pyridine rings is 2. The SMILES string of the molecule is [Pt+2].[c-]1c(-c2ccccn2)cccc1-n1c2[c-]c(-c3nc4ccc(-c5ccccn5)cc4o3)ccc2c2ccccc21. The maximum atomic E-state index is 6.27. The molecule has 4 aromatic carbocycles. The number of para-hydroxylation sites is 1. The third-order valence-electron chi connectivity index (χ3n) is 7.12. The minimum absolute atomic E-state index is 0. The zero-order chi connectivity index (χ0) is 26.5. The summed E-state index contributed by atoms with van der Waals surface area (Å²) in [7, 11) is 0. The topological polar surface area (TPSA) is 56.7 Å². The van der Waals surface area contributed by atoms with Crippen molar-refractivity contribution < 1.29 is 25.5 Å². The van der Waals surface area contributed by atoms with Gasteiger partial charge >= 0.3 is 21.1 Å². The van der Waals surface area contributed by atoms with Crippen molar-refractivity contribution in [3.8, 4) is 39.7 Å². The van der Waals surface area contributed by atoms with Gasteiger partial charge in [0, 0.05) is 23.5 Å². The number of hydrogen-bond acceptors (Lipinski definition) is 4. The van der Waals surface area contributed by atoms with E-state index in [1.54, 1.807) is 12.4 Å². The van der Waals surface area contributed by atoms with E-state index in [-0.39, 0.29) is 21.1 Å². The van der Waals surface area contributed by atoms with Gasteiger partial charge in [-0.15, -0.1) is 48.0 Å². The van der Waals surface area contributed by atoms with E-state index in [4.69, 9.17) is 9.40 Å². The van der Waals surface area contributed by atoms with Gasteiger partial charge in [0.25, 0.3) is 0 Å². The molecule has 8 rings (SSSR count). The van der Waals surface area contributed by atoms with Crippen LogP contribution in [0.25, 0.3) is 72.6 Å². The largest absolute Gasteiger partial charge is 2.00 e. The van der Waals surface area contributed by atoms with E-state index in [9.17, 15) is 0 Å². The Balaban J connectivity index is 0.00000276. The predicted octanol–water partition coefficient (Wildman–Crippen LogP) is 8.31. The molecular formula is C35H20N4OPt. The van der Waals surface area contributed by atoms with E-state index in [2.05, 4.69) is 63.1 Å². The minimum atomic E-state index is 0. The molecule has 4 heterocycles. The Bertz CT molecular complexity index is 2170. The first kappa shape index (κ1) is 25.1. The molecule has 0 radical (unpaired) electrons. The van der Waals surface area contributed by atoms with Crippen molar-refractivity contribution in [3.05, 3.63) is 134 Å². The van der Waals surface area contributed by atoms with E-state index in [1.165, 1.54) is 0 Å². The standard InChI is InChI=1S/C35H20N4O.Pt/c1-2-13-32-27(10-1)28-16-14-25(35-38-31-17-15-24(22-34(31)40-35)30-12-4-6-19-37-30)21-33(28)39(32)26-9-7-8-23(20-26)29-11-3-5-18-36-29;/h1-19,22H;/q-2;+2. The normalized spacial score (nSPS) is 11.2. The number of fused-ring (bicyclic) bond motifs is 4. The van der Waals surface area contributed by atoms with Crippen LogP contribution < -0.4 is 0 Å². The summed E-state index contributed by atoms with van der Waals surface area (Å²) >= 11 is 0. The molecule has 0 atom stereocenters. The van der Waals surface area contributed by atoms with Crippen LogP contribution >= 0.6 is 0 Å². The van der Waals surface area contributed by atoms with Crippen LogP contribution in [0.15, 0.2) is 126 Å². The van der Waals surface area contributed by atoms with Gasteiger partial charge in [-0.25, -0.2) is 0 Å². The van der Waals surface area contributed by atoms with Crippen molar-refractivity contribution in [2.75, 3.05) is 0 Å². The van der Waals surface area contributed by atoms with Gasteiger partial charge in [0.2, 0.25) is 0 Å². The first-order valence-electron chi connectivity index (χ1n) is 13.0. The van der Waals surface area contributed by atoms with Crippen LogP contribution in [0.1, 0.15) is 0 Å². The summed E-state index contributed by atoms with van der Waals surface area (Å²) in [6.07, 6.45) is 3.59. The Hall–Kier alpha value is -4.86.